The van der Waals surface area contributed by atoms with Gasteiger partial charge in [-0.3, -0.25) is 9.59 Å². The van der Waals surface area contributed by atoms with Crippen molar-refractivity contribution in [3.05, 3.63) is 99.1 Å². The Morgan fingerprint density at radius 1 is 0.941 bits per heavy atom. The number of benzene rings is 3. The van der Waals surface area contributed by atoms with Gasteiger partial charge in [-0.1, -0.05) is 53.0 Å². The quantitative estimate of drug-likeness (QED) is 0.224. The summed E-state index contributed by atoms with van der Waals surface area (Å²) in [6.07, 6.45) is 2.02. The lowest BCUT2D eigenvalue weighted by molar-refractivity contribution is -0.120. The average molecular weight is 540 g/mol. The van der Waals surface area contributed by atoms with Gasteiger partial charge in [-0.05, 0) is 72.6 Å². The van der Waals surface area contributed by atoms with Crippen LogP contribution in [0.4, 0.5) is 11.4 Å². The minimum Gasteiger partial charge on any atom is -0.423 e. The Morgan fingerprint density at radius 2 is 1.59 bits per heavy atom. The summed E-state index contributed by atoms with van der Waals surface area (Å²) < 4.78 is 6.25. The normalized spacial score (nSPS) is 13.4. The number of nitrogens with one attached hydrogen (secondary N) is 1. The van der Waals surface area contributed by atoms with E-state index >= 15 is 0 Å². The molecule has 6 nitrogen and oxygen atoms in total. The van der Waals surface area contributed by atoms with Crippen molar-refractivity contribution in [1.29, 1.82) is 0 Å². The number of aryl methyl sites for hydroxylation is 1. The first-order valence-electron chi connectivity index (χ1n) is 10.6. The molecule has 1 aliphatic rings. The molecule has 2 amide bonds. The van der Waals surface area contributed by atoms with Gasteiger partial charge >= 0.3 is 5.97 Å². The molecular formula is C26H20BrClN2O4. The Hall–Kier alpha value is -3.42. The van der Waals surface area contributed by atoms with Gasteiger partial charge in [-0.25, -0.2) is 9.69 Å². The van der Waals surface area contributed by atoms with Crippen LogP contribution in [0.25, 0.3) is 0 Å². The van der Waals surface area contributed by atoms with Crippen LogP contribution in [0, 0.1) is 0 Å². The third-order valence-electron chi connectivity index (χ3n) is 5.17. The molecule has 1 aliphatic heterocycles. The topological polar surface area (TPSA) is 75.7 Å². The van der Waals surface area contributed by atoms with Gasteiger partial charge in [0.2, 0.25) is 0 Å². The first-order chi connectivity index (χ1) is 16.4. The Labute approximate surface area is 210 Å². The van der Waals surface area contributed by atoms with E-state index in [0.29, 0.717) is 22.7 Å². The first kappa shape index (κ1) is 23.7. The smallest absolute Gasteiger partial charge is 0.343 e. The number of amides is 2. The molecule has 3 aromatic rings. The summed E-state index contributed by atoms with van der Waals surface area (Å²) in [6.45, 7) is 2.11. The number of esters is 1. The first-order valence-corrected chi connectivity index (χ1v) is 11.8. The second-order valence-electron chi connectivity index (χ2n) is 7.60. The van der Waals surface area contributed by atoms with E-state index in [1.54, 1.807) is 60.7 Å². The van der Waals surface area contributed by atoms with Crippen molar-refractivity contribution in [2.45, 2.75) is 19.8 Å². The van der Waals surface area contributed by atoms with E-state index in [9.17, 15) is 14.4 Å². The highest BCUT2D eigenvalue weighted by molar-refractivity contribution is 9.10. The van der Waals surface area contributed by atoms with Gasteiger partial charge in [0, 0.05) is 10.2 Å². The molecule has 0 fully saturated rings. The van der Waals surface area contributed by atoms with Crippen LogP contribution in [-0.2, 0) is 16.0 Å². The molecule has 0 unspecified atom stereocenters. The van der Waals surface area contributed by atoms with E-state index in [0.717, 1.165) is 22.2 Å². The van der Waals surface area contributed by atoms with Crippen molar-refractivity contribution in [2.24, 2.45) is 0 Å². The summed E-state index contributed by atoms with van der Waals surface area (Å²) in [4.78, 5) is 38.9. The van der Waals surface area contributed by atoms with E-state index < -0.39 is 17.8 Å². The largest absolute Gasteiger partial charge is 0.423 e. The molecular weight excluding hydrogens is 520 g/mol. The predicted molar refractivity (Wildman–Crippen MR) is 135 cm³/mol. The molecule has 0 spiro atoms. The molecule has 0 saturated heterocycles. The molecule has 1 heterocycles. The summed E-state index contributed by atoms with van der Waals surface area (Å²) in [5.74, 6) is -1.21. The summed E-state index contributed by atoms with van der Waals surface area (Å²) >= 11 is 9.50. The Bertz CT molecular complexity index is 1270. The maximum absolute atomic E-state index is 12.9. The SMILES string of the molecule is CCCc1ccc(OC(=O)c2ccc(NC3=C(Cl)C(=O)N(c4ccc(Br)cc4)C3=O)cc2)cc1. The zero-order valence-electron chi connectivity index (χ0n) is 18.2. The average Bonchev–Trinajstić information content (AvgIpc) is 3.04. The highest BCUT2D eigenvalue weighted by Gasteiger charge is 2.38. The maximum Gasteiger partial charge on any atom is 0.343 e. The van der Waals surface area contributed by atoms with Crippen LogP contribution in [0.3, 0.4) is 0 Å². The molecule has 172 valence electrons. The van der Waals surface area contributed by atoms with Gasteiger partial charge < -0.3 is 10.1 Å². The number of halogens is 2. The van der Waals surface area contributed by atoms with Gasteiger partial charge in [0.15, 0.2) is 0 Å². The number of anilines is 2. The summed E-state index contributed by atoms with van der Waals surface area (Å²) in [7, 11) is 0. The summed E-state index contributed by atoms with van der Waals surface area (Å²) in [6, 6.07) is 20.5. The molecule has 8 heteroatoms. The van der Waals surface area contributed by atoms with Crippen molar-refractivity contribution >= 4 is 56.7 Å². The zero-order valence-corrected chi connectivity index (χ0v) is 20.5. The third kappa shape index (κ3) is 5.05. The van der Waals surface area contributed by atoms with Gasteiger partial charge in [0.25, 0.3) is 11.8 Å². The number of carbonyl (C=O) groups is 3. The standard InChI is InChI=1S/C26H20BrClN2O4/c1-2-3-16-4-14-21(15-5-16)34-26(33)17-6-10-19(11-7-17)29-23-22(28)24(31)30(25(23)32)20-12-8-18(27)9-13-20/h4-15,29H,2-3H2,1H3. The second-order valence-corrected chi connectivity index (χ2v) is 8.89. The van der Waals surface area contributed by atoms with Gasteiger partial charge in [-0.15, -0.1) is 0 Å². The van der Waals surface area contributed by atoms with E-state index in [1.807, 2.05) is 12.1 Å². The van der Waals surface area contributed by atoms with E-state index in [-0.39, 0.29) is 10.7 Å². The Balaban J connectivity index is 1.43. The summed E-state index contributed by atoms with van der Waals surface area (Å²) in [5, 5.41) is 2.68. The van der Waals surface area contributed by atoms with Crippen LogP contribution in [0.1, 0.15) is 29.3 Å². The van der Waals surface area contributed by atoms with Gasteiger partial charge in [0.05, 0.1) is 11.3 Å². The fourth-order valence-electron chi connectivity index (χ4n) is 3.45. The van der Waals surface area contributed by atoms with Crippen LogP contribution in [0.15, 0.2) is 88.0 Å². The molecule has 0 bridgehead atoms. The fraction of sp³-hybridized carbons (Fsp3) is 0.115. The lowest BCUT2D eigenvalue weighted by Gasteiger charge is -2.15. The Morgan fingerprint density at radius 3 is 2.21 bits per heavy atom. The van der Waals surface area contributed by atoms with E-state index in [2.05, 4.69) is 28.2 Å². The minimum absolute atomic E-state index is 0.0305. The van der Waals surface area contributed by atoms with Crippen molar-refractivity contribution in [2.75, 3.05) is 10.2 Å². The number of carbonyl (C=O) groups excluding carboxylic acids is 3. The van der Waals surface area contributed by atoms with Gasteiger partial charge in [0.1, 0.15) is 16.5 Å². The van der Waals surface area contributed by atoms with Crippen molar-refractivity contribution < 1.29 is 19.1 Å². The molecule has 3 aromatic carbocycles. The second kappa shape index (κ2) is 10.2. The van der Waals surface area contributed by atoms with Crippen molar-refractivity contribution in [1.82, 2.24) is 0 Å². The van der Waals surface area contributed by atoms with Gasteiger partial charge in [-0.2, -0.15) is 0 Å². The van der Waals surface area contributed by atoms with Crippen LogP contribution < -0.4 is 15.0 Å². The molecule has 1 N–H and O–H groups in total. The molecule has 0 aromatic heterocycles. The van der Waals surface area contributed by atoms with Crippen LogP contribution in [0.5, 0.6) is 5.75 Å². The van der Waals surface area contributed by atoms with Crippen LogP contribution in [0.2, 0.25) is 0 Å². The number of rotatable bonds is 7. The lowest BCUT2D eigenvalue weighted by atomic mass is 10.1. The monoisotopic (exact) mass is 538 g/mol. The number of nitrogens with zero attached hydrogens (tertiary/aromatic N) is 1. The molecule has 0 radical (unpaired) electrons. The fourth-order valence-corrected chi connectivity index (χ4v) is 3.93. The highest BCUT2D eigenvalue weighted by atomic mass is 79.9. The molecule has 0 saturated carbocycles. The lowest BCUT2D eigenvalue weighted by Crippen LogP contribution is -2.32. The Kier molecular flexibility index (Phi) is 7.14. The zero-order chi connectivity index (χ0) is 24.2. The number of hydrogen-bond donors (Lipinski definition) is 1. The number of hydrogen-bond acceptors (Lipinski definition) is 5. The third-order valence-corrected chi connectivity index (χ3v) is 6.05. The van der Waals surface area contributed by atoms with Crippen molar-refractivity contribution in [3.63, 3.8) is 0 Å². The highest BCUT2D eigenvalue weighted by Crippen LogP contribution is 2.31. The molecule has 0 atom stereocenters. The minimum atomic E-state index is -0.610. The molecule has 0 aliphatic carbocycles. The molecule has 4 rings (SSSR count). The van der Waals surface area contributed by atoms with Crippen LogP contribution >= 0.6 is 27.5 Å². The van der Waals surface area contributed by atoms with E-state index in [1.165, 1.54) is 5.56 Å². The predicted octanol–water partition coefficient (Wildman–Crippen LogP) is 6.06. The molecule has 34 heavy (non-hydrogen) atoms. The maximum atomic E-state index is 12.9. The van der Waals surface area contributed by atoms with E-state index in [4.69, 9.17) is 16.3 Å². The number of imide groups is 1. The number of ether oxygens (including phenoxy) is 1. The van der Waals surface area contributed by atoms with Crippen molar-refractivity contribution in [3.8, 4) is 5.75 Å². The summed E-state index contributed by atoms with van der Waals surface area (Å²) in [5.41, 5.74) is 2.40. The van der Waals surface area contributed by atoms with Crippen LogP contribution in [-0.4, -0.2) is 17.8 Å².